The van der Waals surface area contributed by atoms with Gasteiger partial charge in [-0.1, -0.05) is 39.0 Å². The molecule has 0 spiro atoms. The quantitative estimate of drug-likeness (QED) is 0.275. The van der Waals surface area contributed by atoms with E-state index in [9.17, 15) is 24.3 Å². The fourth-order valence-corrected chi connectivity index (χ4v) is 2.18. The molecule has 0 saturated carbocycles. The van der Waals surface area contributed by atoms with Gasteiger partial charge in [-0.2, -0.15) is 0 Å². The molecule has 0 saturated heterocycles. The molecule has 0 aliphatic carbocycles. The molecule has 10 heteroatoms. The van der Waals surface area contributed by atoms with Gasteiger partial charge in [0, 0.05) is 6.42 Å². The number of aliphatic hydroxyl groups is 1. The minimum Gasteiger partial charge on any atom is -0.393 e. The van der Waals surface area contributed by atoms with Crippen LogP contribution in [0.4, 0.5) is 0 Å². The van der Waals surface area contributed by atoms with E-state index in [1.165, 1.54) is 12.8 Å². The lowest BCUT2D eigenvalue weighted by atomic mass is 10.1. The second kappa shape index (κ2) is 9.93. The van der Waals surface area contributed by atoms with E-state index in [2.05, 4.69) is 34.7 Å². The van der Waals surface area contributed by atoms with E-state index < -0.39 is 16.9 Å². The number of H-pyrrole nitrogens is 3. The number of carbonyl (C=O) groups excluding carboxylic acids is 1. The molecule has 2 aromatic heterocycles. The molecule has 2 rings (SSSR count). The molecule has 24 heavy (non-hydrogen) atoms. The molecular weight excluding hydrogens is 336 g/mol. The minimum atomic E-state index is -0.698. The summed E-state index contributed by atoms with van der Waals surface area (Å²) in [5.74, 6) is 0. The molecule has 1 unspecified atom stereocenters. The van der Waals surface area contributed by atoms with Gasteiger partial charge < -0.3 is 9.90 Å². The second-order valence-corrected chi connectivity index (χ2v) is 5.67. The van der Waals surface area contributed by atoms with Crippen molar-refractivity contribution in [3.8, 4) is 0 Å². The fraction of sp³-hybridized carbons (Fsp3) is 0.571. The fourth-order valence-electron chi connectivity index (χ4n) is 2.03. The van der Waals surface area contributed by atoms with Crippen molar-refractivity contribution in [1.82, 2.24) is 18.9 Å². The molecule has 0 aliphatic rings. The van der Waals surface area contributed by atoms with Crippen LogP contribution in [-0.4, -0.2) is 36.4 Å². The summed E-state index contributed by atoms with van der Waals surface area (Å²) in [6, 6.07) is 0. The number of unbranched alkanes of at least 4 members (excludes halogenated alkanes) is 2. The topological polar surface area (TPSA) is 141 Å². The number of fused-ring (bicyclic) bond motifs is 1. The molecule has 9 nitrogen and oxygen atoms in total. The summed E-state index contributed by atoms with van der Waals surface area (Å²) >= 11 is 3.62. The van der Waals surface area contributed by atoms with Crippen LogP contribution in [0.3, 0.4) is 0 Å². The van der Waals surface area contributed by atoms with E-state index in [1.807, 2.05) is 0 Å². The van der Waals surface area contributed by atoms with Crippen LogP contribution in [0.2, 0.25) is 0 Å². The van der Waals surface area contributed by atoms with E-state index in [0.29, 0.717) is 16.8 Å². The van der Waals surface area contributed by atoms with Crippen LogP contribution in [0.15, 0.2) is 14.4 Å². The SMILES string of the molecule is CCCCCC(O)CCC=O.O=c1[nH]c2[nH]c(=O)n(S)c(=O)c2[nH]1. The van der Waals surface area contributed by atoms with Crippen LogP contribution in [0, 0.1) is 0 Å². The predicted octanol–water partition coefficient (Wildman–Crippen LogP) is 0.306. The summed E-state index contributed by atoms with van der Waals surface area (Å²) < 4.78 is 0.576. The van der Waals surface area contributed by atoms with Crippen LogP contribution < -0.4 is 16.9 Å². The van der Waals surface area contributed by atoms with Gasteiger partial charge in [-0.3, -0.25) is 19.7 Å². The molecule has 0 radical (unpaired) electrons. The molecule has 0 aliphatic heterocycles. The number of hydrogen-bond acceptors (Lipinski definition) is 6. The van der Waals surface area contributed by atoms with E-state index in [1.54, 1.807) is 0 Å². The monoisotopic (exact) mass is 358 g/mol. The van der Waals surface area contributed by atoms with Gasteiger partial charge >= 0.3 is 11.4 Å². The maximum atomic E-state index is 11.2. The Morgan fingerprint density at radius 2 is 1.88 bits per heavy atom. The van der Waals surface area contributed by atoms with Gasteiger partial charge in [0.25, 0.3) is 5.56 Å². The number of aliphatic hydroxyl groups excluding tert-OH is 1. The Morgan fingerprint density at radius 1 is 1.17 bits per heavy atom. The highest BCUT2D eigenvalue weighted by atomic mass is 32.1. The Bertz CT molecular complexity index is 819. The van der Waals surface area contributed by atoms with E-state index >= 15 is 0 Å². The number of nitrogens with zero attached hydrogens (tertiary/aromatic N) is 1. The second-order valence-electron chi connectivity index (χ2n) is 5.27. The number of imidazole rings is 1. The van der Waals surface area contributed by atoms with Gasteiger partial charge in [0.05, 0.1) is 6.10 Å². The lowest BCUT2D eigenvalue weighted by Gasteiger charge is -2.06. The van der Waals surface area contributed by atoms with Crippen LogP contribution in [-0.2, 0) is 4.79 Å². The first-order valence-corrected chi connectivity index (χ1v) is 8.09. The lowest BCUT2D eigenvalue weighted by Crippen LogP contribution is -2.29. The third-order valence-electron chi connectivity index (χ3n) is 3.32. The van der Waals surface area contributed by atoms with Crippen molar-refractivity contribution in [2.75, 3.05) is 0 Å². The van der Waals surface area contributed by atoms with Gasteiger partial charge in [-0.05, 0) is 12.8 Å². The Kier molecular flexibility index (Phi) is 8.27. The highest BCUT2D eigenvalue weighted by Crippen LogP contribution is 2.06. The lowest BCUT2D eigenvalue weighted by molar-refractivity contribution is -0.108. The van der Waals surface area contributed by atoms with Gasteiger partial charge in [-0.25, -0.2) is 13.6 Å². The Hall–Kier alpha value is -2.07. The molecule has 0 fully saturated rings. The summed E-state index contributed by atoms with van der Waals surface area (Å²) in [6.07, 6.45) is 6.02. The third kappa shape index (κ3) is 5.85. The van der Waals surface area contributed by atoms with Crippen molar-refractivity contribution in [2.45, 2.75) is 51.6 Å². The van der Waals surface area contributed by atoms with Gasteiger partial charge in [-0.15, -0.1) is 0 Å². The summed E-state index contributed by atoms with van der Waals surface area (Å²) in [5.41, 5.74) is -1.84. The van der Waals surface area contributed by atoms with Crippen LogP contribution in [0.1, 0.15) is 45.4 Å². The van der Waals surface area contributed by atoms with Crippen molar-refractivity contribution < 1.29 is 9.90 Å². The highest BCUT2D eigenvalue weighted by molar-refractivity contribution is 7.78. The van der Waals surface area contributed by atoms with Crippen molar-refractivity contribution >= 4 is 30.3 Å². The normalized spacial score (nSPS) is 11.8. The van der Waals surface area contributed by atoms with Gasteiger partial charge in [0.1, 0.15) is 11.9 Å². The predicted molar refractivity (Wildman–Crippen MR) is 93.6 cm³/mol. The van der Waals surface area contributed by atoms with Crippen LogP contribution in [0.5, 0.6) is 0 Å². The van der Waals surface area contributed by atoms with Crippen LogP contribution >= 0.6 is 12.8 Å². The number of nitrogens with one attached hydrogen (secondary N) is 3. The molecular formula is C14H22N4O5S. The molecule has 0 bridgehead atoms. The molecule has 2 aromatic rings. The van der Waals surface area contributed by atoms with Crippen molar-refractivity contribution in [1.29, 1.82) is 0 Å². The zero-order valence-electron chi connectivity index (χ0n) is 13.4. The number of aromatic nitrogens is 4. The first-order chi connectivity index (χ1) is 11.4. The van der Waals surface area contributed by atoms with Gasteiger partial charge in [0.15, 0.2) is 5.52 Å². The Morgan fingerprint density at radius 3 is 2.50 bits per heavy atom. The minimum absolute atomic E-state index is 0.000370. The zero-order valence-corrected chi connectivity index (χ0v) is 14.3. The smallest absolute Gasteiger partial charge is 0.340 e. The summed E-state index contributed by atoms with van der Waals surface area (Å²) in [4.78, 5) is 49.6. The molecule has 0 amide bonds. The molecule has 2 heterocycles. The maximum absolute atomic E-state index is 11.2. The average Bonchev–Trinajstić information content (AvgIpc) is 2.92. The Balaban J connectivity index is 0.000000245. The average molecular weight is 358 g/mol. The van der Waals surface area contributed by atoms with E-state index in [4.69, 9.17) is 0 Å². The number of hydrogen-bond donors (Lipinski definition) is 5. The molecule has 134 valence electrons. The Labute approximate surface area is 142 Å². The summed E-state index contributed by atoms with van der Waals surface area (Å²) in [5, 5.41) is 9.25. The largest absolute Gasteiger partial charge is 0.393 e. The number of carbonyl (C=O) groups is 1. The highest BCUT2D eigenvalue weighted by Gasteiger charge is 2.07. The van der Waals surface area contributed by atoms with Crippen molar-refractivity contribution in [2.24, 2.45) is 0 Å². The molecule has 0 aromatic carbocycles. The van der Waals surface area contributed by atoms with Crippen molar-refractivity contribution in [3.05, 3.63) is 31.3 Å². The third-order valence-corrected chi connectivity index (χ3v) is 3.68. The first kappa shape index (κ1) is 20.0. The summed E-state index contributed by atoms with van der Waals surface area (Å²) in [7, 11) is 0. The van der Waals surface area contributed by atoms with Gasteiger partial charge in [0.2, 0.25) is 0 Å². The van der Waals surface area contributed by atoms with Crippen molar-refractivity contribution in [3.63, 3.8) is 0 Å². The maximum Gasteiger partial charge on any atom is 0.340 e. The number of aldehydes is 1. The number of aromatic amines is 3. The summed E-state index contributed by atoms with van der Waals surface area (Å²) in [6.45, 7) is 2.14. The number of rotatable bonds is 7. The number of thiol groups is 1. The first-order valence-electron chi connectivity index (χ1n) is 7.69. The zero-order chi connectivity index (χ0) is 18.1. The molecule has 1 atom stereocenters. The molecule has 4 N–H and O–H groups in total. The van der Waals surface area contributed by atoms with E-state index in [-0.39, 0.29) is 17.3 Å². The standard InChI is InChI=1S/C9H18O2.C5H4N4O3S/c1-2-3-4-6-9(11)7-5-8-10;10-3-1-2(7-4(11)6-1)8-5(12)9(3)13/h8-9,11H,2-7H2,1H3;13H,(H,8,12)(H2,6,7,11). The van der Waals surface area contributed by atoms with Crippen LogP contribution in [0.25, 0.3) is 11.2 Å². The van der Waals surface area contributed by atoms with E-state index in [0.717, 1.165) is 19.1 Å².